The first kappa shape index (κ1) is 41.0. The first-order valence-corrected chi connectivity index (χ1v) is 21.9. The number of aromatic nitrogens is 3. The monoisotopic (exact) mass is 837 g/mol. The Balaban J connectivity index is 0.889. The lowest BCUT2D eigenvalue weighted by atomic mass is 9.90. The lowest BCUT2D eigenvalue weighted by molar-refractivity contribution is -0.134. The summed E-state index contributed by atoms with van der Waals surface area (Å²) in [4.78, 5) is 35.3. The summed E-state index contributed by atoms with van der Waals surface area (Å²) in [6.45, 7) is 8.57. The summed E-state index contributed by atoms with van der Waals surface area (Å²) >= 11 is 0. The third kappa shape index (κ3) is 8.90. The van der Waals surface area contributed by atoms with Crippen molar-refractivity contribution in [3.05, 3.63) is 109 Å². The number of halogens is 2. The molecule has 0 radical (unpaired) electrons. The van der Waals surface area contributed by atoms with Gasteiger partial charge in [-0.15, -0.1) is 0 Å². The van der Waals surface area contributed by atoms with Crippen LogP contribution in [0.15, 0.2) is 91.4 Å². The van der Waals surface area contributed by atoms with Crippen LogP contribution in [-0.4, -0.2) is 104 Å². The number of rotatable bonds is 12. The average Bonchev–Trinajstić information content (AvgIpc) is 3.71. The van der Waals surface area contributed by atoms with Crippen molar-refractivity contribution in [1.82, 2.24) is 29.3 Å². The zero-order chi connectivity index (χ0) is 42.0. The minimum atomic E-state index is -4.12. The van der Waals surface area contributed by atoms with Gasteiger partial charge in [-0.1, -0.05) is 19.1 Å². The van der Waals surface area contributed by atoms with E-state index in [1.807, 2.05) is 36.4 Å². The van der Waals surface area contributed by atoms with Gasteiger partial charge in [-0.25, -0.2) is 13.5 Å². The fourth-order valence-corrected chi connectivity index (χ4v) is 9.27. The van der Waals surface area contributed by atoms with Gasteiger partial charge < -0.3 is 9.80 Å². The van der Waals surface area contributed by atoms with E-state index in [2.05, 4.69) is 41.9 Å². The number of imide groups is 1. The predicted octanol–water partition coefficient (Wildman–Crippen LogP) is 6.05. The van der Waals surface area contributed by atoms with E-state index < -0.39 is 27.5 Å². The highest BCUT2D eigenvalue weighted by molar-refractivity contribution is 7.90. The molecule has 314 valence electrons. The number of anilines is 3. The average molecular weight is 838 g/mol. The van der Waals surface area contributed by atoms with Gasteiger partial charge in [0.25, 0.3) is 0 Å². The number of hydrogen-bond donors (Lipinski definition) is 2. The maximum absolute atomic E-state index is 16.1. The molecule has 16 heteroatoms. The number of amides is 2. The van der Waals surface area contributed by atoms with E-state index in [4.69, 9.17) is 5.10 Å². The molecule has 3 aliphatic heterocycles. The fourth-order valence-electron chi connectivity index (χ4n) is 8.35. The molecule has 13 nitrogen and oxygen atoms in total. The minimum absolute atomic E-state index is 0.136. The summed E-state index contributed by atoms with van der Waals surface area (Å²) in [6, 6.07) is 21.6. The van der Waals surface area contributed by atoms with E-state index in [0.29, 0.717) is 30.0 Å². The maximum Gasteiger partial charge on any atom is 0.301 e. The molecule has 3 fully saturated rings. The standard InChI is InChI=1S/C44H49F2N9O4S/c1-3-51(2)60(58,59)50-40-27-33(45)26-38(42(40)46)39-29-55(49-43(39)32-14-18-47-19-15-32)36-10-8-35(9-11-36)54-24-22-52(23-25-54)28-30-16-20-53(21-17-30)34-6-4-31(5-7-34)37-12-13-41(56)48-44(37)57/h4-11,14-15,18-19,26-27,29-30,37,50H,3,12-13,16-17,20-25,28H2,1-2H3,(H,48,56,57)/t37-/m1/s1. The Labute approximate surface area is 349 Å². The van der Waals surface area contributed by atoms with E-state index >= 15 is 8.78 Å². The first-order valence-electron chi connectivity index (χ1n) is 20.5. The number of piperidine rings is 2. The summed E-state index contributed by atoms with van der Waals surface area (Å²) in [5.74, 6) is -1.77. The van der Waals surface area contributed by atoms with Crippen molar-refractivity contribution in [2.45, 2.75) is 38.5 Å². The van der Waals surface area contributed by atoms with Gasteiger partial charge in [0.05, 0.1) is 17.3 Å². The van der Waals surface area contributed by atoms with Crippen molar-refractivity contribution in [2.75, 3.05) is 73.9 Å². The molecule has 3 aromatic carbocycles. The van der Waals surface area contributed by atoms with Gasteiger partial charge in [0.2, 0.25) is 11.8 Å². The van der Waals surface area contributed by atoms with Crippen LogP contribution in [0.5, 0.6) is 0 Å². The quantitative estimate of drug-likeness (QED) is 0.144. The molecule has 5 heterocycles. The van der Waals surface area contributed by atoms with E-state index in [1.165, 1.54) is 12.7 Å². The number of carbonyl (C=O) groups is 2. The second-order valence-corrected chi connectivity index (χ2v) is 17.5. The van der Waals surface area contributed by atoms with Crippen LogP contribution in [0.25, 0.3) is 28.1 Å². The molecule has 2 aromatic heterocycles. The van der Waals surface area contributed by atoms with Crippen LogP contribution in [0.1, 0.15) is 44.1 Å². The number of nitrogens with one attached hydrogen (secondary N) is 2. The number of hydrogen-bond acceptors (Lipinski definition) is 9. The fraction of sp³-hybridized carbons (Fsp3) is 0.364. The molecule has 2 N–H and O–H groups in total. The predicted molar refractivity (Wildman–Crippen MR) is 228 cm³/mol. The van der Waals surface area contributed by atoms with Crippen LogP contribution in [0.2, 0.25) is 0 Å². The summed E-state index contributed by atoms with van der Waals surface area (Å²) in [7, 11) is -2.77. The molecule has 3 saturated heterocycles. The first-order chi connectivity index (χ1) is 28.9. The summed E-state index contributed by atoms with van der Waals surface area (Å²) in [6.07, 6.45) is 7.98. The lowest BCUT2D eigenvalue weighted by Crippen LogP contribution is -2.49. The molecular weight excluding hydrogens is 789 g/mol. The Bertz CT molecular complexity index is 2430. The molecular formula is C44H49F2N9O4S. The number of nitrogens with zero attached hydrogens (tertiary/aromatic N) is 7. The highest BCUT2D eigenvalue weighted by Crippen LogP contribution is 2.37. The maximum atomic E-state index is 16.1. The van der Waals surface area contributed by atoms with Crippen molar-refractivity contribution < 1.29 is 26.8 Å². The van der Waals surface area contributed by atoms with Gasteiger partial charge in [0.1, 0.15) is 11.5 Å². The smallest absolute Gasteiger partial charge is 0.301 e. The van der Waals surface area contributed by atoms with Crippen molar-refractivity contribution in [3.8, 4) is 28.1 Å². The molecule has 0 unspecified atom stereocenters. The summed E-state index contributed by atoms with van der Waals surface area (Å²) in [5, 5.41) is 7.26. The molecule has 0 spiro atoms. The van der Waals surface area contributed by atoms with Crippen LogP contribution < -0.4 is 19.8 Å². The zero-order valence-corrected chi connectivity index (χ0v) is 34.5. The molecule has 1 atom stereocenters. The minimum Gasteiger partial charge on any atom is -0.372 e. The van der Waals surface area contributed by atoms with Crippen LogP contribution in [0.4, 0.5) is 25.8 Å². The van der Waals surface area contributed by atoms with Crippen molar-refractivity contribution in [2.24, 2.45) is 5.92 Å². The normalized spacial score (nSPS) is 18.2. The number of piperazine rings is 1. The lowest BCUT2D eigenvalue weighted by Gasteiger charge is -2.40. The van der Waals surface area contributed by atoms with Crippen LogP contribution in [0, 0.1) is 17.6 Å². The number of carbonyl (C=O) groups excluding carboxylic acids is 2. The molecule has 2 amide bonds. The van der Waals surface area contributed by atoms with E-state index in [1.54, 1.807) is 42.3 Å². The van der Waals surface area contributed by atoms with Crippen LogP contribution in [0.3, 0.4) is 0 Å². The van der Waals surface area contributed by atoms with Gasteiger partial charge in [-0.05, 0) is 85.3 Å². The largest absolute Gasteiger partial charge is 0.372 e. The number of benzene rings is 3. The van der Waals surface area contributed by atoms with E-state index in [-0.39, 0.29) is 35.4 Å². The Hall–Kier alpha value is -5.71. The third-order valence-corrected chi connectivity index (χ3v) is 13.5. The molecule has 8 rings (SSSR count). The van der Waals surface area contributed by atoms with Gasteiger partial charge >= 0.3 is 10.2 Å². The van der Waals surface area contributed by atoms with Gasteiger partial charge in [-0.2, -0.15) is 17.8 Å². The van der Waals surface area contributed by atoms with E-state index in [9.17, 15) is 18.0 Å². The van der Waals surface area contributed by atoms with E-state index in [0.717, 1.165) is 92.0 Å². The van der Waals surface area contributed by atoms with Crippen LogP contribution >= 0.6 is 0 Å². The molecule has 3 aliphatic rings. The van der Waals surface area contributed by atoms with Gasteiger partial charge in [0.15, 0.2) is 5.82 Å². The Morgan fingerprint density at radius 2 is 1.45 bits per heavy atom. The highest BCUT2D eigenvalue weighted by atomic mass is 32.2. The zero-order valence-electron chi connectivity index (χ0n) is 33.7. The molecule has 0 bridgehead atoms. The Morgan fingerprint density at radius 1 is 0.817 bits per heavy atom. The molecule has 5 aromatic rings. The second kappa shape index (κ2) is 17.5. The van der Waals surface area contributed by atoms with Crippen molar-refractivity contribution in [3.63, 3.8) is 0 Å². The van der Waals surface area contributed by atoms with Gasteiger partial charge in [-0.3, -0.25) is 29.5 Å². The summed E-state index contributed by atoms with van der Waals surface area (Å²) < 4.78 is 61.5. The molecule has 0 aliphatic carbocycles. The third-order valence-electron chi connectivity index (χ3n) is 12.0. The Morgan fingerprint density at radius 3 is 2.10 bits per heavy atom. The number of pyridine rings is 1. The topological polar surface area (TPSA) is 136 Å². The molecule has 0 saturated carbocycles. The van der Waals surface area contributed by atoms with Crippen molar-refractivity contribution in [1.29, 1.82) is 0 Å². The second-order valence-electron chi connectivity index (χ2n) is 15.7. The summed E-state index contributed by atoms with van der Waals surface area (Å²) in [5.41, 5.74) is 4.60. The SMILES string of the molecule is CCN(C)S(=O)(=O)Nc1cc(F)cc(-c2cn(-c3ccc(N4CCN(CC5CCN(c6ccc([C@H]7CCC(=O)NC7=O)cc6)CC5)CC4)cc3)nc2-c2ccncc2)c1F. The molecule has 60 heavy (non-hydrogen) atoms. The van der Waals surface area contributed by atoms with Gasteiger partial charge in [0, 0.05) is 119 Å². The Kier molecular flexibility index (Phi) is 12.0. The highest BCUT2D eigenvalue weighted by Gasteiger charge is 2.29. The van der Waals surface area contributed by atoms with Crippen LogP contribution in [-0.2, 0) is 19.8 Å². The van der Waals surface area contributed by atoms with Crippen molar-refractivity contribution >= 4 is 39.1 Å².